The van der Waals surface area contributed by atoms with E-state index in [2.05, 4.69) is 0 Å². The number of halogens is 13. The minimum Gasteiger partial charge on any atom is -0.390 e. The summed E-state index contributed by atoms with van der Waals surface area (Å²) in [7, 11) is 0. The predicted octanol–water partition coefficient (Wildman–Crippen LogP) is 8.84. The van der Waals surface area contributed by atoms with Crippen LogP contribution in [-0.4, -0.2) is 46.5 Å². The Balaban J connectivity index is 3.31. The fourth-order valence-electron chi connectivity index (χ4n) is 3.71. The molecule has 0 bridgehead atoms. The van der Waals surface area contributed by atoms with Gasteiger partial charge in [0.15, 0.2) is 0 Å². The first kappa shape index (κ1) is 33.3. The number of hydrogen-bond acceptors (Lipinski definition) is 1. The maximum absolute atomic E-state index is 14.5. The van der Waals surface area contributed by atoms with Gasteiger partial charge in [-0.3, -0.25) is 0 Å². The van der Waals surface area contributed by atoms with Crippen LogP contribution in [-0.2, 0) is 6.42 Å². The van der Waals surface area contributed by atoms with E-state index in [1.165, 1.54) is 24.3 Å². The van der Waals surface area contributed by atoms with Crippen LogP contribution >= 0.6 is 0 Å². The summed E-state index contributed by atoms with van der Waals surface area (Å²) in [4.78, 5) is 0. The van der Waals surface area contributed by atoms with Crippen LogP contribution < -0.4 is 0 Å². The SMILES string of the molecule is CCCCCCCC(O)(CCc1ccccc1)CC(F)(F)C(F)(F)C(F)(F)C(F)(F)C(F)(F)C(F)(F)F. The standard InChI is InChI=1S/C23H27F13O/c1-2-3-4-5-9-13-17(37,14-12-16-10-7-6-8-11-16)15-18(24,25)19(26,27)20(28,29)21(30,31)22(32,33)23(34,35)36/h6-8,10-11,37H,2-5,9,12-15H2,1H3. The smallest absolute Gasteiger partial charge is 0.390 e. The van der Waals surface area contributed by atoms with Gasteiger partial charge in [0.2, 0.25) is 0 Å². The lowest BCUT2D eigenvalue weighted by molar-refractivity contribution is -0.441. The van der Waals surface area contributed by atoms with Gasteiger partial charge in [0.1, 0.15) is 0 Å². The molecule has 0 spiro atoms. The lowest BCUT2D eigenvalue weighted by Crippen LogP contribution is -2.70. The molecule has 1 rings (SSSR count). The van der Waals surface area contributed by atoms with E-state index in [1.54, 1.807) is 6.07 Å². The fourth-order valence-corrected chi connectivity index (χ4v) is 3.71. The van der Waals surface area contributed by atoms with Gasteiger partial charge in [-0.25, -0.2) is 0 Å². The minimum absolute atomic E-state index is 0.0639. The fraction of sp³-hybridized carbons (Fsp3) is 0.739. The van der Waals surface area contributed by atoms with Crippen LogP contribution in [0.3, 0.4) is 0 Å². The lowest BCUT2D eigenvalue weighted by Gasteiger charge is -2.42. The van der Waals surface area contributed by atoms with Gasteiger partial charge >= 0.3 is 35.8 Å². The first-order valence-electron chi connectivity index (χ1n) is 11.3. The summed E-state index contributed by atoms with van der Waals surface area (Å²) in [6.07, 6.45) is -9.49. The summed E-state index contributed by atoms with van der Waals surface area (Å²) < 4.78 is 175. The van der Waals surface area contributed by atoms with Crippen LogP contribution in [0.1, 0.15) is 63.9 Å². The lowest BCUT2D eigenvalue weighted by atomic mass is 9.81. The molecule has 37 heavy (non-hydrogen) atoms. The van der Waals surface area contributed by atoms with Gasteiger partial charge < -0.3 is 5.11 Å². The van der Waals surface area contributed by atoms with Crippen LogP contribution in [0, 0.1) is 0 Å². The van der Waals surface area contributed by atoms with E-state index in [0.717, 1.165) is 6.42 Å². The first-order valence-corrected chi connectivity index (χ1v) is 11.3. The monoisotopic (exact) mass is 566 g/mol. The molecule has 0 saturated carbocycles. The highest BCUT2D eigenvalue weighted by atomic mass is 19.4. The van der Waals surface area contributed by atoms with E-state index < -0.39 is 60.7 Å². The number of benzene rings is 1. The summed E-state index contributed by atoms with van der Waals surface area (Å²) in [5.74, 6) is -37.3. The second-order valence-corrected chi connectivity index (χ2v) is 9.05. The Morgan fingerprint density at radius 2 is 1.08 bits per heavy atom. The molecule has 0 heterocycles. The van der Waals surface area contributed by atoms with Crippen molar-refractivity contribution in [1.82, 2.24) is 0 Å². The zero-order valence-corrected chi connectivity index (χ0v) is 19.6. The van der Waals surface area contributed by atoms with E-state index in [9.17, 15) is 62.2 Å². The molecule has 1 aromatic carbocycles. The molecule has 0 amide bonds. The van der Waals surface area contributed by atoms with Crippen LogP contribution in [0.4, 0.5) is 57.1 Å². The zero-order chi connectivity index (χ0) is 29.0. The summed E-state index contributed by atoms with van der Waals surface area (Å²) in [5.41, 5.74) is -2.46. The normalized spacial score (nSPS) is 16.1. The Labute approximate surface area is 205 Å². The number of hydrogen-bond donors (Lipinski definition) is 1. The van der Waals surface area contributed by atoms with Gasteiger partial charge in [0.05, 0.1) is 5.60 Å². The average Bonchev–Trinajstić information content (AvgIpc) is 2.76. The molecule has 0 saturated heterocycles. The predicted molar refractivity (Wildman–Crippen MR) is 108 cm³/mol. The van der Waals surface area contributed by atoms with Crippen molar-refractivity contribution in [3.05, 3.63) is 35.9 Å². The molecule has 0 aliphatic carbocycles. The molecule has 216 valence electrons. The molecule has 0 aromatic heterocycles. The number of aryl methyl sites for hydroxylation is 1. The summed E-state index contributed by atoms with van der Waals surface area (Å²) in [6, 6.07) is 7.50. The van der Waals surface area contributed by atoms with Crippen molar-refractivity contribution in [3.63, 3.8) is 0 Å². The molecule has 0 aliphatic heterocycles. The molecule has 0 radical (unpaired) electrons. The zero-order valence-electron chi connectivity index (χ0n) is 19.6. The Kier molecular flexibility index (Phi) is 10.4. The molecular formula is C23H27F13O. The Hall–Kier alpha value is -1.73. The van der Waals surface area contributed by atoms with Crippen LogP contribution in [0.5, 0.6) is 0 Å². The van der Waals surface area contributed by atoms with Crippen molar-refractivity contribution in [2.75, 3.05) is 0 Å². The second kappa shape index (κ2) is 11.6. The third kappa shape index (κ3) is 7.03. The molecule has 1 unspecified atom stereocenters. The van der Waals surface area contributed by atoms with Gasteiger partial charge in [-0.05, 0) is 24.8 Å². The van der Waals surface area contributed by atoms with Crippen molar-refractivity contribution >= 4 is 0 Å². The summed E-state index contributed by atoms with van der Waals surface area (Å²) >= 11 is 0. The maximum atomic E-state index is 14.5. The van der Waals surface area contributed by atoms with Gasteiger partial charge in [-0.15, -0.1) is 0 Å². The Morgan fingerprint density at radius 1 is 0.595 bits per heavy atom. The van der Waals surface area contributed by atoms with Gasteiger partial charge in [0.25, 0.3) is 0 Å². The van der Waals surface area contributed by atoms with Gasteiger partial charge in [0, 0.05) is 6.42 Å². The number of alkyl halides is 13. The number of aliphatic hydroxyl groups is 1. The quantitative estimate of drug-likeness (QED) is 0.166. The molecule has 1 N–H and O–H groups in total. The van der Waals surface area contributed by atoms with Gasteiger partial charge in [-0.2, -0.15) is 57.1 Å². The van der Waals surface area contributed by atoms with Crippen LogP contribution in [0.15, 0.2) is 30.3 Å². The molecule has 1 aromatic rings. The van der Waals surface area contributed by atoms with Crippen molar-refractivity contribution < 1.29 is 62.2 Å². The molecular weight excluding hydrogens is 539 g/mol. The highest BCUT2D eigenvalue weighted by Crippen LogP contribution is 2.61. The van der Waals surface area contributed by atoms with Crippen molar-refractivity contribution in [2.45, 2.75) is 106 Å². The van der Waals surface area contributed by atoms with E-state index in [1.807, 2.05) is 6.92 Å². The molecule has 0 fully saturated rings. The minimum atomic E-state index is -7.95. The Morgan fingerprint density at radius 3 is 1.57 bits per heavy atom. The van der Waals surface area contributed by atoms with Crippen molar-refractivity contribution in [2.24, 2.45) is 0 Å². The average molecular weight is 566 g/mol. The van der Waals surface area contributed by atoms with E-state index in [0.29, 0.717) is 24.8 Å². The third-order valence-electron chi connectivity index (χ3n) is 6.02. The van der Waals surface area contributed by atoms with E-state index in [4.69, 9.17) is 0 Å². The molecule has 0 aliphatic rings. The Bertz CT molecular complexity index is 837. The van der Waals surface area contributed by atoms with Crippen LogP contribution in [0.25, 0.3) is 0 Å². The number of unbranched alkanes of at least 4 members (excludes halogenated alkanes) is 4. The summed E-state index contributed by atoms with van der Waals surface area (Å²) in [5, 5.41) is 10.7. The number of rotatable bonds is 15. The molecule has 1 atom stereocenters. The van der Waals surface area contributed by atoms with Crippen LogP contribution in [0.2, 0.25) is 0 Å². The third-order valence-corrected chi connectivity index (χ3v) is 6.02. The highest BCUT2D eigenvalue weighted by molar-refractivity contribution is 5.16. The van der Waals surface area contributed by atoms with Crippen molar-refractivity contribution in [1.29, 1.82) is 0 Å². The van der Waals surface area contributed by atoms with E-state index >= 15 is 0 Å². The van der Waals surface area contributed by atoms with Crippen molar-refractivity contribution in [3.8, 4) is 0 Å². The topological polar surface area (TPSA) is 20.2 Å². The molecule has 14 heteroatoms. The largest absolute Gasteiger partial charge is 0.460 e. The highest BCUT2D eigenvalue weighted by Gasteiger charge is 2.90. The maximum Gasteiger partial charge on any atom is 0.460 e. The van der Waals surface area contributed by atoms with Gasteiger partial charge in [-0.1, -0.05) is 69.4 Å². The first-order chi connectivity index (χ1) is 16.6. The second-order valence-electron chi connectivity index (χ2n) is 9.05. The van der Waals surface area contributed by atoms with E-state index in [-0.39, 0.29) is 12.8 Å². The molecule has 1 nitrogen and oxygen atoms in total. The summed E-state index contributed by atoms with van der Waals surface area (Å²) in [6.45, 7) is 1.83.